The summed E-state index contributed by atoms with van der Waals surface area (Å²) in [6.07, 6.45) is 9.72. The number of aryl methyl sites for hydroxylation is 1. The Labute approximate surface area is 112 Å². The van der Waals surface area contributed by atoms with Crippen LogP contribution in [0.4, 0.5) is 5.82 Å². The Morgan fingerprint density at radius 1 is 1.37 bits per heavy atom. The molecule has 2 aromatic heterocycles. The van der Waals surface area contributed by atoms with Crippen molar-refractivity contribution in [3.8, 4) is 0 Å². The number of nitrogens with one attached hydrogen (secondary N) is 2. The summed E-state index contributed by atoms with van der Waals surface area (Å²) in [5, 5.41) is 6.65. The van der Waals surface area contributed by atoms with E-state index < -0.39 is 0 Å². The maximum atomic E-state index is 4.47. The fourth-order valence-electron chi connectivity index (χ4n) is 2.28. The first-order chi connectivity index (χ1) is 9.33. The van der Waals surface area contributed by atoms with Crippen LogP contribution < -0.4 is 10.6 Å². The Morgan fingerprint density at radius 2 is 2.32 bits per heavy atom. The maximum Gasteiger partial charge on any atom is 0.144 e. The van der Waals surface area contributed by atoms with E-state index in [2.05, 4.69) is 25.6 Å². The summed E-state index contributed by atoms with van der Waals surface area (Å²) in [4.78, 5) is 13.1. The number of aromatic nitrogens is 4. The van der Waals surface area contributed by atoms with Crippen LogP contribution in [0.1, 0.15) is 30.4 Å². The van der Waals surface area contributed by atoms with Crippen molar-refractivity contribution in [2.45, 2.75) is 25.4 Å². The van der Waals surface area contributed by atoms with Gasteiger partial charge in [0.1, 0.15) is 11.6 Å². The van der Waals surface area contributed by atoms with Crippen molar-refractivity contribution in [2.75, 3.05) is 11.9 Å². The smallest absolute Gasteiger partial charge is 0.144 e. The van der Waals surface area contributed by atoms with Crippen LogP contribution in [0, 0.1) is 0 Å². The molecule has 2 N–H and O–H groups in total. The van der Waals surface area contributed by atoms with Crippen molar-refractivity contribution >= 4 is 5.82 Å². The third-order valence-corrected chi connectivity index (χ3v) is 3.44. The minimum Gasteiger partial charge on any atom is -0.362 e. The molecule has 100 valence electrons. The Morgan fingerprint density at radius 3 is 2.95 bits per heavy atom. The first-order valence-electron chi connectivity index (χ1n) is 6.58. The third kappa shape index (κ3) is 2.73. The van der Waals surface area contributed by atoms with Crippen LogP contribution in [0.25, 0.3) is 0 Å². The molecule has 0 spiro atoms. The number of nitrogens with zero attached hydrogens (tertiary/aromatic N) is 4. The van der Waals surface area contributed by atoms with Crippen molar-refractivity contribution in [2.24, 2.45) is 7.05 Å². The highest BCUT2D eigenvalue weighted by molar-refractivity contribution is 5.31. The summed E-state index contributed by atoms with van der Waals surface area (Å²) in [6.45, 7) is 1.73. The highest BCUT2D eigenvalue weighted by atomic mass is 15.1. The van der Waals surface area contributed by atoms with Crippen LogP contribution >= 0.6 is 0 Å². The average molecular weight is 258 g/mol. The Kier molecular flexibility index (Phi) is 3.41. The topological polar surface area (TPSA) is 67.7 Å². The van der Waals surface area contributed by atoms with E-state index in [1.165, 1.54) is 6.42 Å². The van der Waals surface area contributed by atoms with E-state index in [1.807, 2.05) is 24.0 Å². The second-order valence-corrected chi connectivity index (χ2v) is 4.78. The molecule has 0 aromatic carbocycles. The van der Waals surface area contributed by atoms with Gasteiger partial charge < -0.3 is 15.2 Å². The summed E-state index contributed by atoms with van der Waals surface area (Å²) in [5.41, 5.74) is 1.03. The fourth-order valence-corrected chi connectivity index (χ4v) is 2.28. The van der Waals surface area contributed by atoms with Crippen molar-refractivity contribution in [3.63, 3.8) is 0 Å². The van der Waals surface area contributed by atoms with Crippen molar-refractivity contribution < 1.29 is 0 Å². The Bertz CT molecular complexity index is 526. The molecule has 3 heterocycles. The summed E-state index contributed by atoms with van der Waals surface area (Å²) < 4.78 is 1.98. The van der Waals surface area contributed by atoms with E-state index in [0.29, 0.717) is 12.6 Å². The molecule has 6 heteroatoms. The minimum atomic E-state index is 0.371. The molecule has 0 radical (unpaired) electrons. The molecule has 1 aliphatic heterocycles. The molecule has 1 aliphatic rings. The van der Waals surface area contributed by atoms with Crippen LogP contribution in [-0.2, 0) is 13.6 Å². The highest BCUT2D eigenvalue weighted by Crippen LogP contribution is 2.20. The number of hydrogen-bond acceptors (Lipinski definition) is 5. The zero-order chi connectivity index (χ0) is 13.1. The van der Waals surface area contributed by atoms with Gasteiger partial charge in [-0.25, -0.2) is 9.97 Å². The second-order valence-electron chi connectivity index (χ2n) is 4.78. The summed E-state index contributed by atoms with van der Waals surface area (Å²) in [5.74, 6) is 1.76. The first kappa shape index (κ1) is 12.1. The molecule has 1 fully saturated rings. The molecule has 1 unspecified atom stereocenters. The number of anilines is 1. The van der Waals surface area contributed by atoms with Gasteiger partial charge in [0.05, 0.1) is 30.7 Å². The minimum absolute atomic E-state index is 0.371. The quantitative estimate of drug-likeness (QED) is 0.864. The molecule has 6 nitrogen and oxygen atoms in total. The fraction of sp³-hybridized carbons (Fsp3) is 0.462. The van der Waals surface area contributed by atoms with Gasteiger partial charge >= 0.3 is 0 Å². The normalized spacial score (nSPS) is 18.7. The van der Waals surface area contributed by atoms with Crippen molar-refractivity contribution in [3.05, 3.63) is 36.3 Å². The van der Waals surface area contributed by atoms with E-state index in [0.717, 1.165) is 30.3 Å². The largest absolute Gasteiger partial charge is 0.362 e. The van der Waals surface area contributed by atoms with E-state index in [1.54, 1.807) is 12.4 Å². The van der Waals surface area contributed by atoms with Crippen molar-refractivity contribution in [1.29, 1.82) is 0 Å². The van der Waals surface area contributed by atoms with Crippen LogP contribution in [0.15, 0.2) is 24.8 Å². The van der Waals surface area contributed by atoms with Gasteiger partial charge in [-0.05, 0) is 19.4 Å². The molecule has 1 atom stereocenters. The van der Waals surface area contributed by atoms with Gasteiger partial charge in [0.15, 0.2) is 0 Å². The van der Waals surface area contributed by atoms with E-state index in [9.17, 15) is 0 Å². The molecule has 0 bridgehead atoms. The second kappa shape index (κ2) is 5.36. The number of hydrogen-bond donors (Lipinski definition) is 2. The SMILES string of the molecule is Cn1ccnc1CNc1cnc(C2CCCN2)cn1. The van der Waals surface area contributed by atoms with Crippen molar-refractivity contribution in [1.82, 2.24) is 24.8 Å². The predicted octanol–water partition coefficient (Wildman–Crippen LogP) is 1.25. The van der Waals surface area contributed by atoms with Gasteiger partial charge in [-0.2, -0.15) is 0 Å². The van der Waals surface area contributed by atoms with Gasteiger partial charge in [0.25, 0.3) is 0 Å². The number of rotatable bonds is 4. The lowest BCUT2D eigenvalue weighted by Crippen LogP contribution is -2.15. The first-order valence-corrected chi connectivity index (χ1v) is 6.58. The zero-order valence-electron chi connectivity index (χ0n) is 11.0. The Hall–Kier alpha value is -1.95. The molecule has 19 heavy (non-hydrogen) atoms. The average Bonchev–Trinajstić information content (AvgIpc) is 3.09. The summed E-state index contributed by atoms with van der Waals surface area (Å²) in [6, 6.07) is 0.371. The lowest BCUT2D eigenvalue weighted by molar-refractivity contribution is 0.624. The monoisotopic (exact) mass is 258 g/mol. The molecular formula is C13H18N6. The summed E-state index contributed by atoms with van der Waals surface area (Å²) in [7, 11) is 1.98. The Balaban J connectivity index is 1.61. The molecule has 3 rings (SSSR count). The lowest BCUT2D eigenvalue weighted by atomic mass is 10.2. The molecule has 2 aromatic rings. The third-order valence-electron chi connectivity index (χ3n) is 3.44. The molecule has 0 saturated carbocycles. The van der Waals surface area contributed by atoms with Gasteiger partial charge in [0.2, 0.25) is 0 Å². The van der Waals surface area contributed by atoms with Crippen LogP contribution in [-0.4, -0.2) is 26.1 Å². The van der Waals surface area contributed by atoms with Gasteiger partial charge in [-0.3, -0.25) is 4.98 Å². The molecule has 1 saturated heterocycles. The zero-order valence-corrected chi connectivity index (χ0v) is 11.0. The van der Waals surface area contributed by atoms with Gasteiger partial charge in [0, 0.05) is 19.4 Å². The molecule has 0 aliphatic carbocycles. The van der Waals surface area contributed by atoms with Crippen LogP contribution in [0.3, 0.4) is 0 Å². The maximum absolute atomic E-state index is 4.47. The standard InChI is InChI=1S/C13H18N6/c1-19-6-5-15-13(19)9-18-12-8-16-11(7-17-12)10-3-2-4-14-10/h5-8,10,14H,2-4,9H2,1H3,(H,17,18). The predicted molar refractivity (Wildman–Crippen MR) is 72.5 cm³/mol. The summed E-state index contributed by atoms with van der Waals surface area (Å²) >= 11 is 0. The molecule has 0 amide bonds. The van der Waals surface area contributed by atoms with Crippen LogP contribution in [0.2, 0.25) is 0 Å². The van der Waals surface area contributed by atoms with E-state index in [-0.39, 0.29) is 0 Å². The van der Waals surface area contributed by atoms with Crippen LogP contribution in [0.5, 0.6) is 0 Å². The number of imidazole rings is 1. The van der Waals surface area contributed by atoms with Gasteiger partial charge in [-0.15, -0.1) is 0 Å². The van der Waals surface area contributed by atoms with Gasteiger partial charge in [-0.1, -0.05) is 0 Å². The van der Waals surface area contributed by atoms with E-state index >= 15 is 0 Å². The van der Waals surface area contributed by atoms with E-state index in [4.69, 9.17) is 0 Å². The molecular weight excluding hydrogens is 240 g/mol. The highest BCUT2D eigenvalue weighted by Gasteiger charge is 2.17. The lowest BCUT2D eigenvalue weighted by Gasteiger charge is -2.10.